The van der Waals surface area contributed by atoms with E-state index in [0.717, 1.165) is 0 Å². The van der Waals surface area contributed by atoms with Gasteiger partial charge < -0.3 is 50.2 Å². The van der Waals surface area contributed by atoms with E-state index in [9.17, 15) is 35.4 Å². The van der Waals surface area contributed by atoms with E-state index in [-0.39, 0.29) is 6.61 Å². The fourth-order valence-electron chi connectivity index (χ4n) is 2.82. The minimum atomic E-state index is -1.58. The van der Waals surface area contributed by atoms with Gasteiger partial charge >= 0.3 is 0 Å². The summed E-state index contributed by atoms with van der Waals surface area (Å²) >= 11 is 0. The number of amides is 1. The average molecular weight is 367 g/mol. The molecule has 25 heavy (non-hydrogen) atoms. The minimum absolute atomic E-state index is 0.390. The number of aliphatic hydroxyl groups is 6. The summed E-state index contributed by atoms with van der Waals surface area (Å²) in [6.07, 6.45) is -12.2. The lowest BCUT2D eigenvalue weighted by atomic mass is 9.97. The van der Waals surface area contributed by atoms with Gasteiger partial charge in [-0.25, -0.2) is 0 Å². The summed E-state index contributed by atoms with van der Waals surface area (Å²) in [5, 5.41) is 61.4. The number of hydrogen-bond acceptors (Lipinski definition) is 10. The molecule has 0 radical (unpaired) electrons. The van der Waals surface area contributed by atoms with Gasteiger partial charge in [-0.2, -0.15) is 0 Å². The van der Waals surface area contributed by atoms with Crippen LogP contribution in [0.15, 0.2) is 0 Å². The molecule has 11 nitrogen and oxygen atoms in total. The third kappa shape index (κ3) is 4.45. The quantitative estimate of drug-likeness (QED) is 0.257. The fraction of sp³-hybridized carbons (Fsp3) is 0.929. The van der Waals surface area contributed by atoms with Crippen LogP contribution in [0, 0.1) is 0 Å². The van der Waals surface area contributed by atoms with Crippen LogP contribution >= 0.6 is 0 Å². The van der Waals surface area contributed by atoms with E-state index in [2.05, 4.69) is 5.32 Å². The zero-order valence-electron chi connectivity index (χ0n) is 13.8. The monoisotopic (exact) mass is 367 g/mol. The molecule has 0 aromatic carbocycles. The van der Waals surface area contributed by atoms with Gasteiger partial charge in [0.25, 0.3) is 0 Å². The number of nitrogens with one attached hydrogen (secondary N) is 1. The molecule has 2 fully saturated rings. The Morgan fingerprint density at radius 2 is 1.60 bits per heavy atom. The molecule has 11 heteroatoms. The topological polar surface area (TPSA) is 178 Å². The predicted molar refractivity (Wildman–Crippen MR) is 78.8 cm³/mol. The molecule has 0 bridgehead atoms. The smallest absolute Gasteiger partial charge is 0.217 e. The largest absolute Gasteiger partial charge is 0.388 e. The summed E-state index contributed by atoms with van der Waals surface area (Å²) in [7, 11) is 0. The molecule has 1 amide bonds. The molecule has 0 aromatic heterocycles. The molecule has 2 aliphatic heterocycles. The van der Waals surface area contributed by atoms with Crippen molar-refractivity contribution in [3.05, 3.63) is 0 Å². The van der Waals surface area contributed by atoms with Crippen LogP contribution in [0.1, 0.15) is 13.8 Å². The summed E-state index contributed by atoms with van der Waals surface area (Å²) in [6, 6.07) is -1.21. The summed E-state index contributed by atoms with van der Waals surface area (Å²) in [6.45, 7) is 2.27. The highest BCUT2D eigenvalue weighted by Gasteiger charge is 2.46. The van der Waals surface area contributed by atoms with E-state index in [1.165, 1.54) is 13.8 Å². The number of aliphatic hydroxyl groups excluding tert-OH is 6. The highest BCUT2D eigenvalue weighted by molar-refractivity contribution is 5.73. The van der Waals surface area contributed by atoms with Crippen LogP contribution < -0.4 is 5.32 Å². The molecular weight excluding hydrogens is 342 g/mol. The van der Waals surface area contributed by atoms with Crippen LogP contribution in [0.4, 0.5) is 0 Å². The van der Waals surface area contributed by atoms with E-state index >= 15 is 0 Å². The standard InChI is InChI=1S/C14H25NO10/c1-4-8(17)11(20)12(21)14(24-4)23-3-6-9(18)10(19)7(13(22)25-6)15-5(2)16/h4,6-14,17-22H,3H2,1-2H3,(H,15,16)/t4-,6+,7+,8+,9+,10+,11+,12-,13?,14?/m0/s1. The van der Waals surface area contributed by atoms with Crippen molar-refractivity contribution in [3.63, 3.8) is 0 Å². The Balaban J connectivity index is 1.94. The van der Waals surface area contributed by atoms with Gasteiger partial charge in [0.1, 0.15) is 42.7 Å². The average Bonchev–Trinajstić information content (AvgIpc) is 2.55. The van der Waals surface area contributed by atoms with Crippen molar-refractivity contribution in [1.29, 1.82) is 0 Å². The maximum absolute atomic E-state index is 11.1. The molecule has 0 saturated carbocycles. The molecule has 7 N–H and O–H groups in total. The summed E-state index contributed by atoms with van der Waals surface area (Å²) in [5.74, 6) is -0.520. The predicted octanol–water partition coefficient (Wildman–Crippen LogP) is -4.23. The lowest BCUT2D eigenvalue weighted by molar-refractivity contribution is -0.313. The molecule has 2 aliphatic rings. The van der Waals surface area contributed by atoms with Gasteiger partial charge in [0.15, 0.2) is 12.6 Å². The Morgan fingerprint density at radius 1 is 0.960 bits per heavy atom. The Bertz CT molecular complexity index is 465. The van der Waals surface area contributed by atoms with Crippen molar-refractivity contribution in [2.45, 2.75) is 75.2 Å². The summed E-state index contributed by atoms with van der Waals surface area (Å²) in [5.41, 5.74) is 0. The van der Waals surface area contributed by atoms with Crippen molar-refractivity contribution in [2.75, 3.05) is 6.61 Å². The lowest BCUT2D eigenvalue weighted by Gasteiger charge is -2.42. The second-order valence-electron chi connectivity index (χ2n) is 6.29. The number of hydrogen-bond donors (Lipinski definition) is 7. The van der Waals surface area contributed by atoms with Gasteiger partial charge in [0.2, 0.25) is 5.91 Å². The third-order valence-corrected chi connectivity index (χ3v) is 4.32. The molecule has 146 valence electrons. The Morgan fingerprint density at radius 3 is 2.20 bits per heavy atom. The van der Waals surface area contributed by atoms with Crippen molar-refractivity contribution in [2.24, 2.45) is 0 Å². The van der Waals surface area contributed by atoms with E-state index in [1.54, 1.807) is 0 Å². The number of carbonyl (C=O) groups excluding carboxylic acids is 1. The van der Waals surface area contributed by atoms with Gasteiger partial charge in [-0.1, -0.05) is 0 Å². The number of rotatable bonds is 4. The number of ether oxygens (including phenoxy) is 3. The van der Waals surface area contributed by atoms with Gasteiger partial charge in [0.05, 0.1) is 12.7 Å². The second kappa shape index (κ2) is 8.20. The molecule has 2 rings (SSSR count). The maximum atomic E-state index is 11.1. The normalized spacial score (nSPS) is 48.2. The van der Waals surface area contributed by atoms with E-state index in [4.69, 9.17) is 14.2 Å². The van der Waals surface area contributed by atoms with Crippen LogP contribution in [0.25, 0.3) is 0 Å². The molecule has 0 spiro atoms. The second-order valence-corrected chi connectivity index (χ2v) is 6.29. The first kappa shape index (κ1) is 20.4. The number of carbonyl (C=O) groups is 1. The minimum Gasteiger partial charge on any atom is -0.388 e. The SMILES string of the molecule is CC(=O)N[C@H]1C(O)O[C@H](COC2O[C@@H](C)[C@@H](O)[C@@H](O)[C@@H]2O)[C@@H](O)[C@@H]1O. The van der Waals surface area contributed by atoms with Gasteiger partial charge in [0, 0.05) is 6.92 Å². The molecule has 2 saturated heterocycles. The fourth-order valence-corrected chi connectivity index (χ4v) is 2.82. The zero-order valence-corrected chi connectivity index (χ0v) is 13.8. The van der Waals surface area contributed by atoms with Crippen LogP contribution in [0.5, 0.6) is 0 Å². The molecule has 2 heterocycles. The molecule has 0 aliphatic carbocycles. The van der Waals surface area contributed by atoms with Crippen molar-refractivity contribution in [1.82, 2.24) is 5.32 Å². The van der Waals surface area contributed by atoms with E-state index in [1.807, 2.05) is 0 Å². The Kier molecular flexibility index (Phi) is 6.70. The van der Waals surface area contributed by atoms with Crippen LogP contribution in [0.2, 0.25) is 0 Å². The zero-order chi connectivity index (χ0) is 18.9. The highest BCUT2D eigenvalue weighted by atomic mass is 16.7. The Labute approximate surface area is 143 Å². The maximum Gasteiger partial charge on any atom is 0.217 e. The summed E-state index contributed by atoms with van der Waals surface area (Å²) in [4.78, 5) is 11.1. The molecule has 2 unspecified atom stereocenters. The van der Waals surface area contributed by atoms with Gasteiger partial charge in [-0.3, -0.25) is 4.79 Å². The van der Waals surface area contributed by atoms with Crippen LogP contribution in [-0.4, -0.2) is 105 Å². The summed E-state index contributed by atoms with van der Waals surface area (Å²) < 4.78 is 15.6. The van der Waals surface area contributed by atoms with Crippen molar-refractivity contribution >= 4 is 5.91 Å². The first-order valence-electron chi connectivity index (χ1n) is 7.91. The highest BCUT2D eigenvalue weighted by Crippen LogP contribution is 2.24. The first-order chi connectivity index (χ1) is 11.6. The van der Waals surface area contributed by atoms with Gasteiger partial charge in [-0.05, 0) is 6.92 Å². The molecular formula is C14H25NO10. The van der Waals surface area contributed by atoms with E-state index < -0.39 is 67.3 Å². The third-order valence-electron chi connectivity index (χ3n) is 4.32. The van der Waals surface area contributed by atoms with E-state index in [0.29, 0.717) is 0 Å². The first-order valence-corrected chi connectivity index (χ1v) is 7.91. The van der Waals surface area contributed by atoms with Crippen molar-refractivity contribution in [3.8, 4) is 0 Å². The van der Waals surface area contributed by atoms with Crippen molar-refractivity contribution < 1.29 is 49.6 Å². The van der Waals surface area contributed by atoms with Crippen LogP contribution in [-0.2, 0) is 19.0 Å². The Hall–Kier alpha value is -0.890. The molecule has 10 atom stereocenters. The molecule has 0 aromatic rings. The lowest BCUT2D eigenvalue weighted by Crippen LogP contribution is -2.64. The van der Waals surface area contributed by atoms with Crippen LogP contribution in [0.3, 0.4) is 0 Å². The van der Waals surface area contributed by atoms with Gasteiger partial charge in [-0.15, -0.1) is 0 Å².